The van der Waals surface area contributed by atoms with E-state index in [1.807, 2.05) is 43.1 Å². The van der Waals surface area contributed by atoms with Crippen LogP contribution in [0.25, 0.3) is 11.6 Å². The molecule has 0 aliphatic carbocycles. The number of H-pyrrole nitrogens is 3. The van der Waals surface area contributed by atoms with Crippen LogP contribution in [-0.4, -0.2) is 55.1 Å². The molecule has 0 spiro atoms. The Hall–Kier alpha value is -5.56. The summed E-state index contributed by atoms with van der Waals surface area (Å²) in [7, 11) is 0. The lowest BCUT2D eigenvalue weighted by atomic mass is 9.97. The molecular weight excluding hydrogens is 558 g/mol. The number of nitrogens with zero attached hydrogens (tertiary/aromatic N) is 12. The molecular formula is C21H15N15O2S2. The van der Waals surface area contributed by atoms with Crippen LogP contribution in [0.2, 0.25) is 0 Å². The van der Waals surface area contributed by atoms with Gasteiger partial charge in [0, 0.05) is 41.5 Å². The van der Waals surface area contributed by atoms with Gasteiger partial charge in [-0.25, -0.2) is 20.0 Å². The minimum atomic E-state index is -1.51. The largest absolute Gasteiger partial charge is 0.443 e. The average Bonchev–Trinajstić information content (AvgIpc) is 3.85. The Morgan fingerprint density at radius 1 is 0.900 bits per heavy atom. The molecule has 1 unspecified atom stereocenters. The van der Waals surface area contributed by atoms with Crippen molar-refractivity contribution in [2.75, 3.05) is 20.3 Å². The van der Waals surface area contributed by atoms with Gasteiger partial charge in [0.1, 0.15) is 24.0 Å². The van der Waals surface area contributed by atoms with E-state index in [1.165, 1.54) is 41.6 Å². The van der Waals surface area contributed by atoms with Crippen molar-refractivity contribution < 1.29 is 8.94 Å². The van der Waals surface area contributed by atoms with Gasteiger partial charge >= 0.3 is 0 Å². The van der Waals surface area contributed by atoms with E-state index < -0.39 is 5.66 Å². The normalized spacial score (nSPS) is 17.4. The summed E-state index contributed by atoms with van der Waals surface area (Å²) in [4.78, 5) is 16.9. The van der Waals surface area contributed by atoms with Crippen molar-refractivity contribution in [3.63, 3.8) is 0 Å². The number of aromatic amines is 3. The zero-order valence-corrected chi connectivity index (χ0v) is 21.6. The van der Waals surface area contributed by atoms with E-state index in [2.05, 4.69) is 55.1 Å². The molecule has 1 aliphatic heterocycles. The van der Waals surface area contributed by atoms with Gasteiger partial charge in [0.2, 0.25) is 17.0 Å². The molecule has 3 N–H and O–H groups in total. The Morgan fingerprint density at radius 3 is 2.60 bits per heavy atom. The summed E-state index contributed by atoms with van der Waals surface area (Å²) in [6, 6.07) is 5.42. The molecule has 1 aliphatic rings. The molecule has 8 heterocycles. The molecule has 198 valence electrons. The van der Waals surface area contributed by atoms with Crippen LogP contribution in [0.1, 0.15) is 11.4 Å². The van der Waals surface area contributed by atoms with E-state index in [4.69, 9.17) is 8.94 Å². The van der Waals surface area contributed by atoms with Gasteiger partial charge in [0.25, 0.3) is 5.66 Å². The second-order valence-corrected chi connectivity index (χ2v) is 9.68. The number of aromatic nitrogens is 11. The van der Waals surface area contributed by atoms with E-state index in [0.29, 0.717) is 39.8 Å². The highest BCUT2D eigenvalue weighted by Crippen LogP contribution is 2.52. The van der Waals surface area contributed by atoms with Gasteiger partial charge < -0.3 is 13.9 Å². The molecule has 0 amide bonds. The predicted octanol–water partition coefficient (Wildman–Crippen LogP) is 2.79. The number of rotatable bonds is 7. The highest BCUT2D eigenvalue weighted by atomic mass is 32.1. The van der Waals surface area contributed by atoms with Crippen LogP contribution in [-0.2, 0) is 5.66 Å². The minimum absolute atomic E-state index is 0.239. The summed E-state index contributed by atoms with van der Waals surface area (Å²) in [6.07, 6.45) is 11.2. The standard InChI is InChI=1S/C21H15N15O2S2/c1-4-26-27-14(1)33-21(13-2-9-38-30-13,17-16(28-32-29-17)18-22-7-10-37-18)34(19-23-5-6-24-19)36(20-25-8-12-39-20)35(33)15-3-11-40-31-15/h1-12H,(H,23,24)(H,26,27)(H,28,29,32). The summed E-state index contributed by atoms with van der Waals surface area (Å²) in [5, 5.41) is 35.4. The SMILES string of the molecule is c1cc(N2N(c3ccsn3)N(c3nccs3)N(c3ncc[nH]3)C2(c2ccon2)c2n[nH]nc2-c2ncco2)[nH]n1. The van der Waals surface area contributed by atoms with Gasteiger partial charge in [0.05, 0.1) is 12.4 Å². The number of nitrogens with one attached hydrogen (secondary N) is 3. The van der Waals surface area contributed by atoms with Crippen molar-refractivity contribution in [1.29, 1.82) is 0 Å². The van der Waals surface area contributed by atoms with Gasteiger partial charge in [-0.05, 0) is 17.6 Å². The maximum Gasteiger partial charge on any atom is 0.252 e. The molecule has 7 aromatic heterocycles. The van der Waals surface area contributed by atoms with Gasteiger partial charge in [0.15, 0.2) is 17.2 Å². The highest BCUT2D eigenvalue weighted by Gasteiger charge is 2.66. The molecule has 0 radical (unpaired) electrons. The summed E-state index contributed by atoms with van der Waals surface area (Å²) in [5.74, 6) is 1.77. The molecule has 19 heteroatoms. The minimum Gasteiger partial charge on any atom is -0.443 e. The Balaban J connectivity index is 1.54. The fourth-order valence-electron chi connectivity index (χ4n) is 4.68. The van der Waals surface area contributed by atoms with Crippen LogP contribution < -0.4 is 20.3 Å². The molecule has 0 saturated carbocycles. The third-order valence-corrected chi connectivity index (χ3v) is 7.39. The van der Waals surface area contributed by atoms with Crippen molar-refractivity contribution in [2.45, 2.75) is 5.66 Å². The van der Waals surface area contributed by atoms with Crippen LogP contribution in [0.5, 0.6) is 0 Å². The van der Waals surface area contributed by atoms with Crippen molar-refractivity contribution >= 4 is 45.6 Å². The van der Waals surface area contributed by atoms with E-state index in [1.54, 1.807) is 30.9 Å². The van der Waals surface area contributed by atoms with E-state index in [-0.39, 0.29) is 5.89 Å². The maximum absolute atomic E-state index is 5.68. The van der Waals surface area contributed by atoms with Crippen LogP contribution in [0.3, 0.4) is 0 Å². The average molecular weight is 574 g/mol. The number of hydrazine groups is 3. The summed E-state index contributed by atoms with van der Waals surface area (Å²) in [5.41, 5.74) is -0.411. The lowest BCUT2D eigenvalue weighted by molar-refractivity contribution is 0.382. The van der Waals surface area contributed by atoms with Gasteiger partial charge in [-0.3, -0.25) is 5.10 Å². The molecule has 1 fully saturated rings. The van der Waals surface area contributed by atoms with Crippen LogP contribution in [0.15, 0.2) is 81.4 Å². The quantitative estimate of drug-likeness (QED) is 0.252. The smallest absolute Gasteiger partial charge is 0.252 e. The van der Waals surface area contributed by atoms with E-state index in [0.717, 1.165) is 0 Å². The third-order valence-electron chi connectivity index (χ3n) is 6.10. The van der Waals surface area contributed by atoms with Gasteiger partial charge in [-0.2, -0.15) is 29.9 Å². The lowest BCUT2D eigenvalue weighted by Gasteiger charge is -2.38. The van der Waals surface area contributed by atoms with Crippen LogP contribution >= 0.6 is 22.9 Å². The summed E-state index contributed by atoms with van der Waals surface area (Å²) >= 11 is 2.71. The van der Waals surface area contributed by atoms with Crippen molar-refractivity contribution in [3.8, 4) is 11.6 Å². The topological polar surface area (TPSA) is 190 Å². The van der Waals surface area contributed by atoms with Crippen LogP contribution in [0.4, 0.5) is 22.7 Å². The van der Waals surface area contributed by atoms with Crippen LogP contribution in [0, 0.1) is 0 Å². The van der Waals surface area contributed by atoms with Crippen molar-refractivity contribution in [2.24, 2.45) is 0 Å². The molecule has 40 heavy (non-hydrogen) atoms. The van der Waals surface area contributed by atoms with Crippen molar-refractivity contribution in [1.82, 2.24) is 55.1 Å². The zero-order valence-electron chi connectivity index (χ0n) is 19.9. The monoisotopic (exact) mass is 573 g/mol. The summed E-state index contributed by atoms with van der Waals surface area (Å²) < 4.78 is 15.8. The number of anilines is 4. The Morgan fingerprint density at radius 2 is 1.90 bits per heavy atom. The first kappa shape index (κ1) is 22.4. The number of imidazole rings is 1. The van der Waals surface area contributed by atoms with Crippen molar-refractivity contribution in [3.05, 3.63) is 83.9 Å². The molecule has 8 rings (SSSR count). The number of oxazole rings is 1. The predicted molar refractivity (Wildman–Crippen MR) is 140 cm³/mol. The maximum atomic E-state index is 5.68. The summed E-state index contributed by atoms with van der Waals surface area (Å²) in [6.45, 7) is 0. The zero-order chi connectivity index (χ0) is 26.5. The van der Waals surface area contributed by atoms with E-state index >= 15 is 0 Å². The second kappa shape index (κ2) is 8.74. The number of hydrogen-bond donors (Lipinski definition) is 3. The first-order valence-electron chi connectivity index (χ1n) is 11.6. The highest BCUT2D eigenvalue weighted by molar-refractivity contribution is 7.13. The van der Waals surface area contributed by atoms with Gasteiger partial charge in [-0.1, -0.05) is 5.16 Å². The fraction of sp³-hybridized carbons (Fsp3) is 0.0476. The Kier molecular flexibility index (Phi) is 4.90. The lowest BCUT2D eigenvalue weighted by Crippen LogP contribution is -2.56. The second-order valence-electron chi connectivity index (χ2n) is 8.14. The number of thiazole rings is 1. The molecule has 0 bridgehead atoms. The number of hydrogen-bond acceptors (Lipinski definition) is 16. The Bertz CT molecular complexity index is 1700. The first-order chi connectivity index (χ1) is 19.9. The molecule has 17 nitrogen and oxygen atoms in total. The Labute approximate surface area is 230 Å². The molecule has 1 atom stereocenters. The van der Waals surface area contributed by atoms with Gasteiger partial charge in [-0.15, -0.1) is 21.6 Å². The third kappa shape index (κ3) is 3.06. The fourth-order valence-corrected chi connectivity index (χ4v) is 5.78. The van der Waals surface area contributed by atoms with E-state index in [9.17, 15) is 0 Å². The molecule has 1 saturated heterocycles. The first-order valence-corrected chi connectivity index (χ1v) is 13.3. The molecule has 0 aromatic carbocycles. The molecule has 7 aromatic rings.